The number of ether oxygens (including phenoxy) is 1. The van der Waals surface area contributed by atoms with E-state index in [0.717, 1.165) is 18.3 Å². The molecule has 7 nitrogen and oxygen atoms in total. The van der Waals surface area contributed by atoms with Crippen LogP contribution in [0.3, 0.4) is 0 Å². The number of hydrogen-bond donors (Lipinski definition) is 3. The van der Waals surface area contributed by atoms with Gasteiger partial charge in [0.1, 0.15) is 17.4 Å². The van der Waals surface area contributed by atoms with Gasteiger partial charge in [0.05, 0.1) is 10.7 Å². The number of amidine groups is 1. The maximum atomic E-state index is 13.0. The highest BCUT2D eigenvalue weighted by atomic mass is 35.5. The Kier molecular flexibility index (Phi) is 5.64. The van der Waals surface area contributed by atoms with Gasteiger partial charge in [-0.3, -0.25) is 10.8 Å². The van der Waals surface area contributed by atoms with Gasteiger partial charge in [0.15, 0.2) is 5.84 Å². The molecule has 0 atom stereocenters. The van der Waals surface area contributed by atoms with Crippen LogP contribution in [0.2, 0.25) is 5.02 Å². The second-order valence-corrected chi connectivity index (χ2v) is 5.11. The molecule has 0 aliphatic carbocycles. The second-order valence-electron chi connectivity index (χ2n) is 4.70. The first-order valence-electron chi connectivity index (χ1n) is 6.80. The van der Waals surface area contributed by atoms with Crippen molar-refractivity contribution in [3.63, 3.8) is 0 Å². The van der Waals surface area contributed by atoms with Gasteiger partial charge in [0, 0.05) is 6.20 Å². The van der Waals surface area contributed by atoms with E-state index in [1.807, 2.05) is 0 Å². The summed E-state index contributed by atoms with van der Waals surface area (Å²) in [7, 11) is 0. The molecule has 11 heteroatoms. The number of nitrogens with two attached hydrogens (primary N) is 1. The van der Waals surface area contributed by atoms with Crippen LogP contribution in [0.25, 0.3) is 0 Å². The summed E-state index contributed by atoms with van der Waals surface area (Å²) < 4.78 is 44.1. The molecule has 4 N–H and O–H groups in total. The molecule has 0 saturated carbocycles. The zero-order valence-corrected chi connectivity index (χ0v) is 13.6. The van der Waals surface area contributed by atoms with Crippen molar-refractivity contribution in [1.29, 1.82) is 10.7 Å². The minimum Gasteiger partial charge on any atom is -0.437 e. The van der Waals surface area contributed by atoms with Crippen LogP contribution >= 0.6 is 11.6 Å². The normalized spacial score (nSPS) is 11.6. The summed E-state index contributed by atoms with van der Waals surface area (Å²) in [6.07, 6.45) is -3.47. The highest BCUT2D eigenvalue weighted by molar-refractivity contribution is 6.45. The van der Waals surface area contributed by atoms with E-state index >= 15 is 0 Å². The fourth-order valence-corrected chi connectivity index (χ4v) is 1.93. The molecule has 0 aliphatic heterocycles. The lowest BCUT2D eigenvalue weighted by Crippen LogP contribution is -2.21. The van der Waals surface area contributed by atoms with Crippen molar-refractivity contribution in [2.45, 2.75) is 6.18 Å². The molecular weight excluding hydrogens is 373 g/mol. The number of nitrogens with zero attached hydrogens (tertiary/aromatic N) is 3. The van der Waals surface area contributed by atoms with Crippen LogP contribution in [0.1, 0.15) is 5.56 Å². The molecule has 1 aromatic heterocycles. The number of anilines is 1. The third kappa shape index (κ3) is 4.61. The van der Waals surface area contributed by atoms with E-state index in [1.54, 1.807) is 6.07 Å². The number of halogens is 4. The van der Waals surface area contributed by atoms with E-state index in [4.69, 9.17) is 32.7 Å². The molecule has 2 aromatic rings. The predicted octanol–water partition coefficient (Wildman–Crippen LogP) is 3.77. The van der Waals surface area contributed by atoms with Gasteiger partial charge >= 0.3 is 6.18 Å². The number of benzene rings is 1. The van der Waals surface area contributed by atoms with Crippen molar-refractivity contribution >= 4 is 28.8 Å². The second kappa shape index (κ2) is 7.71. The average molecular weight is 383 g/mol. The fourth-order valence-electron chi connectivity index (χ4n) is 1.71. The molecular formula is C15H10ClF3N6O. The Morgan fingerprint density at radius 3 is 2.69 bits per heavy atom. The Morgan fingerprint density at radius 1 is 1.38 bits per heavy atom. The minimum atomic E-state index is -4.63. The van der Waals surface area contributed by atoms with Crippen LogP contribution in [0.5, 0.6) is 11.6 Å². The maximum absolute atomic E-state index is 13.0. The van der Waals surface area contributed by atoms with Gasteiger partial charge in [0.25, 0.3) is 0 Å². The number of nitrogens with one attached hydrogen (secondary N) is 2. The first kappa shape index (κ1) is 19.0. The monoisotopic (exact) mass is 382 g/mol. The van der Waals surface area contributed by atoms with Gasteiger partial charge in [-0.2, -0.15) is 23.5 Å². The van der Waals surface area contributed by atoms with Gasteiger partial charge in [-0.1, -0.05) is 11.6 Å². The van der Waals surface area contributed by atoms with Crippen LogP contribution in [-0.4, -0.2) is 16.5 Å². The molecule has 0 unspecified atom stereocenters. The maximum Gasteiger partial charge on any atom is 0.421 e. The van der Waals surface area contributed by atoms with E-state index in [-0.39, 0.29) is 16.5 Å². The molecule has 0 saturated heterocycles. The van der Waals surface area contributed by atoms with E-state index in [2.05, 4.69) is 15.5 Å². The SMILES string of the molecule is N#C/C(=N\Nc1ccc(Oc2ncccc2C(F)(F)F)c(Cl)c1)C(=N)N. The summed E-state index contributed by atoms with van der Waals surface area (Å²) in [6.45, 7) is 0. The Labute approximate surface area is 150 Å². The lowest BCUT2D eigenvalue weighted by Gasteiger charge is -2.13. The van der Waals surface area contributed by atoms with Crippen molar-refractivity contribution in [2.75, 3.05) is 5.43 Å². The van der Waals surface area contributed by atoms with Gasteiger partial charge in [0.2, 0.25) is 11.6 Å². The minimum absolute atomic E-state index is 0.0229. The predicted molar refractivity (Wildman–Crippen MR) is 89.3 cm³/mol. The third-order valence-electron chi connectivity index (χ3n) is 2.87. The number of nitriles is 1. The fraction of sp³-hybridized carbons (Fsp3) is 0.0667. The summed E-state index contributed by atoms with van der Waals surface area (Å²) in [4.78, 5) is 3.58. The lowest BCUT2D eigenvalue weighted by atomic mass is 10.2. The summed E-state index contributed by atoms with van der Waals surface area (Å²) >= 11 is 6.00. The van der Waals surface area contributed by atoms with Crippen molar-refractivity contribution in [3.8, 4) is 17.7 Å². The van der Waals surface area contributed by atoms with Crippen LogP contribution in [-0.2, 0) is 6.18 Å². The standard InChI is InChI=1S/C15H10ClF3N6O/c16-10-6-8(24-25-11(7-20)13(21)22)3-4-12(10)26-14-9(15(17,18)19)2-1-5-23-14/h1-6,24H,(H3,21,22)/b25-11+. The molecule has 2 rings (SSSR count). The summed E-state index contributed by atoms with van der Waals surface area (Å²) in [5.41, 5.74) is 6.52. The quantitative estimate of drug-likeness (QED) is 0.413. The van der Waals surface area contributed by atoms with Gasteiger partial charge in [-0.05, 0) is 30.3 Å². The molecule has 1 aromatic carbocycles. The van der Waals surface area contributed by atoms with Crippen LogP contribution in [0, 0.1) is 16.7 Å². The van der Waals surface area contributed by atoms with Gasteiger partial charge < -0.3 is 10.5 Å². The van der Waals surface area contributed by atoms with E-state index in [0.29, 0.717) is 5.69 Å². The third-order valence-corrected chi connectivity index (χ3v) is 3.17. The number of hydrogen-bond acceptors (Lipinski definition) is 6. The smallest absolute Gasteiger partial charge is 0.421 e. The van der Waals surface area contributed by atoms with Crippen LogP contribution in [0.4, 0.5) is 18.9 Å². The Bertz CT molecular complexity index is 907. The van der Waals surface area contributed by atoms with Crippen molar-refractivity contribution in [2.24, 2.45) is 10.8 Å². The zero-order chi connectivity index (χ0) is 19.3. The lowest BCUT2D eigenvalue weighted by molar-refractivity contribution is -0.138. The average Bonchev–Trinajstić information content (AvgIpc) is 2.57. The molecule has 0 amide bonds. The molecule has 134 valence electrons. The number of alkyl halides is 3. The van der Waals surface area contributed by atoms with Crippen molar-refractivity contribution in [3.05, 3.63) is 47.1 Å². The summed E-state index contributed by atoms with van der Waals surface area (Å²) in [5, 5.41) is 19.5. The summed E-state index contributed by atoms with van der Waals surface area (Å²) in [5.74, 6) is -1.22. The Hall–Kier alpha value is -3.32. The number of hydrazone groups is 1. The van der Waals surface area contributed by atoms with Gasteiger partial charge in [-0.25, -0.2) is 4.98 Å². The molecule has 0 radical (unpaired) electrons. The molecule has 1 heterocycles. The van der Waals surface area contributed by atoms with Crippen molar-refractivity contribution in [1.82, 2.24) is 4.98 Å². The zero-order valence-electron chi connectivity index (χ0n) is 12.8. The van der Waals surface area contributed by atoms with Crippen molar-refractivity contribution < 1.29 is 17.9 Å². The largest absolute Gasteiger partial charge is 0.437 e. The number of pyridine rings is 1. The van der Waals surface area contributed by atoms with Crippen LogP contribution < -0.4 is 15.9 Å². The Morgan fingerprint density at radius 2 is 2.12 bits per heavy atom. The summed E-state index contributed by atoms with van der Waals surface area (Å²) in [6, 6.07) is 7.61. The Balaban J connectivity index is 2.24. The first-order chi connectivity index (χ1) is 12.2. The van der Waals surface area contributed by atoms with E-state index < -0.39 is 23.5 Å². The molecule has 26 heavy (non-hydrogen) atoms. The molecule has 0 bridgehead atoms. The van der Waals surface area contributed by atoms with E-state index in [1.165, 1.54) is 18.2 Å². The van der Waals surface area contributed by atoms with Gasteiger partial charge in [-0.15, -0.1) is 0 Å². The topological polar surface area (TPSA) is 120 Å². The first-order valence-corrected chi connectivity index (χ1v) is 7.18. The number of rotatable bonds is 5. The molecule has 0 aliphatic rings. The highest BCUT2D eigenvalue weighted by Crippen LogP contribution is 2.38. The molecule has 0 fully saturated rings. The highest BCUT2D eigenvalue weighted by Gasteiger charge is 2.35. The molecule has 0 spiro atoms. The van der Waals surface area contributed by atoms with Crippen LogP contribution in [0.15, 0.2) is 41.6 Å². The van der Waals surface area contributed by atoms with E-state index in [9.17, 15) is 13.2 Å². The number of aromatic nitrogens is 1.